The van der Waals surface area contributed by atoms with Gasteiger partial charge in [-0.05, 0) is 24.8 Å². The molecule has 0 unspecified atom stereocenters. The highest BCUT2D eigenvalue weighted by molar-refractivity contribution is 5.07. The highest BCUT2D eigenvalue weighted by Crippen LogP contribution is 2.14. The fourth-order valence-corrected chi connectivity index (χ4v) is 5.11. The van der Waals surface area contributed by atoms with Crippen molar-refractivity contribution in [3.8, 4) is 0 Å². The summed E-state index contributed by atoms with van der Waals surface area (Å²) in [5, 5.41) is 0. The third-order valence-electron chi connectivity index (χ3n) is 7.55. The second-order valence-electron chi connectivity index (χ2n) is 11.0. The van der Waals surface area contributed by atoms with Crippen molar-refractivity contribution in [2.24, 2.45) is 0 Å². The highest BCUT2D eigenvalue weighted by Gasteiger charge is 2.02. The van der Waals surface area contributed by atoms with Crippen LogP contribution in [-0.2, 0) is 13.0 Å². The van der Waals surface area contributed by atoms with Crippen LogP contribution in [0.25, 0.3) is 0 Å². The Morgan fingerprint density at radius 1 is 0.412 bits per heavy atom. The van der Waals surface area contributed by atoms with Crippen molar-refractivity contribution in [3.63, 3.8) is 0 Å². The van der Waals surface area contributed by atoms with Gasteiger partial charge in [0.05, 0.1) is 0 Å². The Balaban J connectivity index is 1.84. The molecule has 0 aromatic carbocycles. The number of nitrogens with zero attached hydrogens (tertiary/aromatic N) is 1. The molecular weight excluding hydrogens is 410 g/mol. The number of unbranched alkanes of at least 4 members (excludes halogenated alkanes) is 22. The molecule has 0 aliphatic rings. The molecule has 0 radical (unpaired) electrons. The van der Waals surface area contributed by atoms with E-state index in [9.17, 15) is 0 Å². The van der Waals surface area contributed by atoms with Crippen molar-refractivity contribution in [2.45, 2.75) is 181 Å². The SMILES string of the molecule is CCCCCCCCCCCCCCCCCCc1cc[n+](CCCCCCCCCC)cc1. The topological polar surface area (TPSA) is 3.88 Å². The van der Waals surface area contributed by atoms with E-state index < -0.39 is 0 Å². The molecule has 0 aliphatic heterocycles. The number of hydrogen-bond donors (Lipinski definition) is 0. The number of rotatable bonds is 26. The van der Waals surface area contributed by atoms with Gasteiger partial charge in [-0.1, -0.05) is 149 Å². The molecule has 198 valence electrons. The van der Waals surface area contributed by atoms with Crippen molar-refractivity contribution in [1.82, 2.24) is 0 Å². The van der Waals surface area contributed by atoms with E-state index in [4.69, 9.17) is 0 Å². The predicted octanol–water partition coefficient (Wildman–Crippen LogP) is 10.9. The Morgan fingerprint density at radius 3 is 1.12 bits per heavy atom. The molecular formula is C33H62N+. The van der Waals surface area contributed by atoms with E-state index in [2.05, 4.69) is 42.9 Å². The Bertz CT molecular complexity index is 506. The minimum atomic E-state index is 1.19. The van der Waals surface area contributed by atoms with Gasteiger partial charge in [0.1, 0.15) is 6.54 Å². The zero-order valence-corrected chi connectivity index (χ0v) is 23.6. The Morgan fingerprint density at radius 2 is 0.735 bits per heavy atom. The molecule has 0 bridgehead atoms. The molecule has 1 rings (SSSR count). The molecule has 0 spiro atoms. The van der Waals surface area contributed by atoms with Gasteiger partial charge in [0.25, 0.3) is 0 Å². The molecule has 0 aliphatic carbocycles. The zero-order valence-electron chi connectivity index (χ0n) is 23.6. The van der Waals surface area contributed by atoms with E-state index in [1.165, 1.54) is 173 Å². The molecule has 0 saturated carbocycles. The van der Waals surface area contributed by atoms with Gasteiger partial charge in [0.15, 0.2) is 12.4 Å². The van der Waals surface area contributed by atoms with Gasteiger partial charge in [-0.15, -0.1) is 0 Å². The number of hydrogen-bond acceptors (Lipinski definition) is 0. The summed E-state index contributed by atoms with van der Waals surface area (Å²) < 4.78 is 2.38. The van der Waals surface area contributed by atoms with Crippen molar-refractivity contribution in [3.05, 3.63) is 30.1 Å². The summed E-state index contributed by atoms with van der Waals surface area (Å²) in [6.07, 6.45) is 40.3. The van der Waals surface area contributed by atoms with Crippen LogP contribution in [0, 0.1) is 0 Å². The van der Waals surface area contributed by atoms with Crippen LogP contribution in [0.5, 0.6) is 0 Å². The summed E-state index contributed by atoms with van der Waals surface area (Å²) in [7, 11) is 0. The van der Waals surface area contributed by atoms with Crippen molar-refractivity contribution >= 4 is 0 Å². The lowest BCUT2D eigenvalue weighted by molar-refractivity contribution is -0.697. The van der Waals surface area contributed by atoms with Crippen molar-refractivity contribution < 1.29 is 4.57 Å². The van der Waals surface area contributed by atoms with Crippen LogP contribution in [0.4, 0.5) is 0 Å². The lowest BCUT2D eigenvalue weighted by Crippen LogP contribution is -2.32. The van der Waals surface area contributed by atoms with Gasteiger partial charge in [-0.25, -0.2) is 4.57 Å². The van der Waals surface area contributed by atoms with Gasteiger partial charge in [-0.3, -0.25) is 0 Å². The quantitative estimate of drug-likeness (QED) is 0.0932. The van der Waals surface area contributed by atoms with E-state index in [-0.39, 0.29) is 0 Å². The molecule has 0 atom stereocenters. The summed E-state index contributed by atoms with van der Waals surface area (Å²) in [5.74, 6) is 0. The maximum absolute atomic E-state index is 2.38. The number of aryl methyl sites for hydroxylation is 2. The normalized spacial score (nSPS) is 11.4. The summed E-state index contributed by atoms with van der Waals surface area (Å²) in [6.45, 7) is 5.79. The summed E-state index contributed by atoms with van der Waals surface area (Å²) in [4.78, 5) is 0. The van der Waals surface area contributed by atoms with Crippen molar-refractivity contribution in [2.75, 3.05) is 0 Å². The first kappa shape index (κ1) is 31.2. The van der Waals surface area contributed by atoms with Gasteiger partial charge in [0.2, 0.25) is 0 Å². The summed E-state index contributed by atoms with van der Waals surface area (Å²) >= 11 is 0. The highest BCUT2D eigenvalue weighted by atomic mass is 14.9. The van der Waals surface area contributed by atoms with Crippen LogP contribution in [0.2, 0.25) is 0 Å². The smallest absolute Gasteiger partial charge is 0.169 e. The molecule has 1 aromatic heterocycles. The van der Waals surface area contributed by atoms with Crippen LogP contribution in [0.15, 0.2) is 24.5 Å². The Hall–Kier alpha value is -0.850. The number of pyridine rings is 1. The zero-order chi connectivity index (χ0) is 24.4. The first-order valence-corrected chi connectivity index (χ1v) is 15.8. The molecule has 0 N–H and O–H groups in total. The minimum Gasteiger partial charge on any atom is -0.205 e. The largest absolute Gasteiger partial charge is 0.205 e. The predicted molar refractivity (Wildman–Crippen MR) is 152 cm³/mol. The Labute approximate surface area is 215 Å². The average Bonchev–Trinajstić information content (AvgIpc) is 2.86. The molecule has 0 fully saturated rings. The van der Waals surface area contributed by atoms with Crippen molar-refractivity contribution in [1.29, 1.82) is 0 Å². The molecule has 1 aromatic rings. The van der Waals surface area contributed by atoms with Crippen LogP contribution in [0.1, 0.15) is 174 Å². The molecule has 1 heteroatoms. The molecule has 0 saturated heterocycles. The van der Waals surface area contributed by atoms with Crippen LogP contribution < -0.4 is 4.57 Å². The van der Waals surface area contributed by atoms with E-state index in [1.807, 2.05) is 0 Å². The lowest BCUT2D eigenvalue weighted by atomic mass is 10.0. The average molecular weight is 473 g/mol. The fraction of sp³-hybridized carbons (Fsp3) is 0.848. The van der Waals surface area contributed by atoms with Gasteiger partial charge in [0, 0.05) is 18.6 Å². The van der Waals surface area contributed by atoms with E-state index in [1.54, 1.807) is 0 Å². The maximum atomic E-state index is 2.38. The van der Waals surface area contributed by atoms with Gasteiger partial charge >= 0.3 is 0 Å². The first-order chi connectivity index (χ1) is 16.9. The lowest BCUT2D eigenvalue weighted by Gasteiger charge is -2.04. The summed E-state index contributed by atoms with van der Waals surface area (Å²) in [5.41, 5.74) is 1.53. The monoisotopic (exact) mass is 472 g/mol. The summed E-state index contributed by atoms with van der Waals surface area (Å²) in [6, 6.07) is 4.71. The van der Waals surface area contributed by atoms with E-state index >= 15 is 0 Å². The van der Waals surface area contributed by atoms with Gasteiger partial charge in [-0.2, -0.15) is 0 Å². The molecule has 0 amide bonds. The fourth-order valence-electron chi connectivity index (χ4n) is 5.11. The third-order valence-corrected chi connectivity index (χ3v) is 7.55. The standard InChI is InChI=1S/C33H62N/c1-3-5-7-9-11-13-14-15-16-17-18-19-20-21-23-25-27-33-28-31-34(32-29-33)30-26-24-22-12-10-8-6-4-2/h28-29,31-32H,3-27,30H2,1-2H3/q+1. The first-order valence-electron chi connectivity index (χ1n) is 15.8. The maximum Gasteiger partial charge on any atom is 0.169 e. The van der Waals surface area contributed by atoms with Crippen LogP contribution in [-0.4, -0.2) is 0 Å². The van der Waals surface area contributed by atoms with Crippen LogP contribution in [0.3, 0.4) is 0 Å². The second kappa shape index (κ2) is 25.2. The number of aromatic nitrogens is 1. The van der Waals surface area contributed by atoms with Crippen LogP contribution >= 0.6 is 0 Å². The molecule has 34 heavy (non-hydrogen) atoms. The van der Waals surface area contributed by atoms with E-state index in [0.717, 1.165) is 0 Å². The third kappa shape index (κ3) is 20.5. The second-order valence-corrected chi connectivity index (χ2v) is 11.0. The molecule has 1 nitrogen and oxygen atoms in total. The molecule has 1 heterocycles. The van der Waals surface area contributed by atoms with E-state index in [0.29, 0.717) is 0 Å². The van der Waals surface area contributed by atoms with Gasteiger partial charge < -0.3 is 0 Å². The Kier molecular flexibility index (Phi) is 23.2. The minimum absolute atomic E-state index is 1.19.